The second-order valence-corrected chi connectivity index (χ2v) is 6.25. The third kappa shape index (κ3) is 2.86. The minimum absolute atomic E-state index is 0.272. The van der Waals surface area contributed by atoms with E-state index < -0.39 is 0 Å². The average Bonchev–Trinajstić information content (AvgIpc) is 3.20. The minimum Gasteiger partial charge on any atom is -0.391 e. The quantitative estimate of drug-likeness (QED) is 0.888. The maximum atomic E-state index is 9.92. The number of anilines is 1. The van der Waals surface area contributed by atoms with Crippen LogP contribution in [-0.4, -0.2) is 22.7 Å². The summed E-state index contributed by atoms with van der Waals surface area (Å²) in [5, 5.41) is 14.8. The zero-order valence-electron chi connectivity index (χ0n) is 10.2. The van der Waals surface area contributed by atoms with Crippen LogP contribution in [0.3, 0.4) is 0 Å². The molecule has 1 saturated carbocycles. The van der Waals surface area contributed by atoms with Crippen molar-refractivity contribution >= 4 is 44.1 Å². The number of nitrogens with zero attached hydrogens (tertiary/aromatic N) is 1. The maximum absolute atomic E-state index is 9.92. The zero-order chi connectivity index (χ0) is 13.4. The predicted molar refractivity (Wildman–Crippen MR) is 81.7 cm³/mol. The molecular formula is C14H14BrClN2O. The normalized spacial score (nSPS) is 16.6. The Morgan fingerprint density at radius 1 is 1.47 bits per heavy atom. The van der Waals surface area contributed by atoms with Crippen molar-refractivity contribution in [3.8, 4) is 0 Å². The van der Waals surface area contributed by atoms with Gasteiger partial charge >= 0.3 is 0 Å². The Labute approximate surface area is 125 Å². The highest BCUT2D eigenvalue weighted by Gasteiger charge is 2.29. The van der Waals surface area contributed by atoms with E-state index in [1.807, 2.05) is 18.2 Å². The molecule has 2 aromatic rings. The summed E-state index contributed by atoms with van der Waals surface area (Å²) in [6.07, 6.45) is 3.73. The monoisotopic (exact) mass is 340 g/mol. The number of fused-ring (bicyclic) bond motifs is 1. The van der Waals surface area contributed by atoms with Crippen molar-refractivity contribution in [1.82, 2.24) is 4.98 Å². The molecule has 1 heterocycles. The second kappa shape index (κ2) is 5.27. The first-order valence-corrected chi connectivity index (χ1v) is 7.48. The van der Waals surface area contributed by atoms with E-state index in [2.05, 4.69) is 26.2 Å². The van der Waals surface area contributed by atoms with Gasteiger partial charge < -0.3 is 10.4 Å². The number of aromatic nitrogens is 1. The largest absolute Gasteiger partial charge is 0.391 e. The summed E-state index contributed by atoms with van der Waals surface area (Å²) in [5.74, 6) is 0.468. The van der Waals surface area contributed by atoms with Crippen molar-refractivity contribution < 1.29 is 5.11 Å². The third-order valence-electron chi connectivity index (χ3n) is 3.43. The van der Waals surface area contributed by atoms with E-state index in [9.17, 15) is 5.11 Å². The van der Waals surface area contributed by atoms with Crippen LogP contribution in [0, 0.1) is 5.92 Å². The molecular weight excluding hydrogens is 328 g/mol. The van der Waals surface area contributed by atoms with Gasteiger partial charge in [-0.25, -0.2) is 0 Å². The molecule has 0 radical (unpaired) electrons. The van der Waals surface area contributed by atoms with Crippen molar-refractivity contribution in [3.05, 3.63) is 33.9 Å². The van der Waals surface area contributed by atoms with Crippen molar-refractivity contribution in [1.29, 1.82) is 0 Å². The molecule has 0 aliphatic heterocycles. The molecule has 2 N–H and O–H groups in total. The topological polar surface area (TPSA) is 45.1 Å². The number of aliphatic hydroxyl groups excluding tert-OH is 1. The van der Waals surface area contributed by atoms with Gasteiger partial charge in [-0.15, -0.1) is 0 Å². The van der Waals surface area contributed by atoms with Gasteiger partial charge in [0.15, 0.2) is 0 Å². The number of nitrogens with one attached hydrogen (secondary N) is 1. The summed E-state index contributed by atoms with van der Waals surface area (Å²) < 4.78 is 0.920. The molecule has 1 fully saturated rings. The van der Waals surface area contributed by atoms with E-state index >= 15 is 0 Å². The molecule has 0 amide bonds. The molecule has 1 unspecified atom stereocenters. The molecule has 100 valence electrons. The van der Waals surface area contributed by atoms with Gasteiger partial charge in [-0.2, -0.15) is 0 Å². The molecule has 3 rings (SSSR count). The molecule has 1 aliphatic rings. The summed E-state index contributed by atoms with van der Waals surface area (Å²) in [5.41, 5.74) is 1.73. The van der Waals surface area contributed by atoms with Crippen molar-refractivity contribution in [3.63, 3.8) is 0 Å². The molecule has 5 heteroatoms. The Hall–Kier alpha value is -0.840. The van der Waals surface area contributed by atoms with Gasteiger partial charge in [-0.1, -0.05) is 27.5 Å². The molecule has 0 saturated heterocycles. The molecule has 3 nitrogen and oxygen atoms in total. The Balaban J connectivity index is 1.89. The van der Waals surface area contributed by atoms with Gasteiger partial charge in [0.1, 0.15) is 0 Å². The van der Waals surface area contributed by atoms with Crippen LogP contribution < -0.4 is 5.32 Å². The number of rotatable bonds is 4. The van der Waals surface area contributed by atoms with Crippen LogP contribution in [-0.2, 0) is 0 Å². The Bertz CT molecular complexity index is 616. The molecule has 1 aliphatic carbocycles. The lowest BCUT2D eigenvalue weighted by molar-refractivity contribution is 0.164. The highest BCUT2D eigenvalue weighted by molar-refractivity contribution is 9.10. The average molecular weight is 342 g/mol. The van der Waals surface area contributed by atoms with Gasteiger partial charge in [-0.3, -0.25) is 4.98 Å². The van der Waals surface area contributed by atoms with E-state index in [4.69, 9.17) is 11.6 Å². The number of halogens is 2. The zero-order valence-corrected chi connectivity index (χ0v) is 12.6. The summed E-state index contributed by atoms with van der Waals surface area (Å²) in [6, 6.07) is 5.73. The number of pyridine rings is 1. The number of benzene rings is 1. The first-order chi connectivity index (χ1) is 9.15. The van der Waals surface area contributed by atoms with Crippen molar-refractivity contribution in [2.45, 2.75) is 18.9 Å². The summed E-state index contributed by atoms with van der Waals surface area (Å²) in [7, 11) is 0. The fraction of sp³-hybridized carbons (Fsp3) is 0.357. The van der Waals surface area contributed by atoms with Crippen LogP contribution in [0.25, 0.3) is 10.9 Å². The fourth-order valence-electron chi connectivity index (χ4n) is 2.19. The van der Waals surface area contributed by atoms with Crippen LogP contribution >= 0.6 is 27.5 Å². The fourth-order valence-corrected chi connectivity index (χ4v) is 3.05. The first-order valence-electron chi connectivity index (χ1n) is 6.31. The lowest BCUT2D eigenvalue weighted by Gasteiger charge is -2.14. The summed E-state index contributed by atoms with van der Waals surface area (Å²) in [6.45, 7) is 0.563. The Kier molecular flexibility index (Phi) is 3.65. The number of hydrogen-bond donors (Lipinski definition) is 2. The van der Waals surface area contributed by atoms with E-state index in [0.717, 1.165) is 33.9 Å². The maximum Gasteiger partial charge on any atom is 0.0909 e. The molecule has 19 heavy (non-hydrogen) atoms. The van der Waals surface area contributed by atoms with Gasteiger partial charge in [0, 0.05) is 28.3 Å². The van der Waals surface area contributed by atoms with E-state index in [-0.39, 0.29) is 6.10 Å². The molecule has 0 spiro atoms. The van der Waals surface area contributed by atoms with Crippen molar-refractivity contribution in [2.24, 2.45) is 5.92 Å². The smallest absolute Gasteiger partial charge is 0.0909 e. The predicted octanol–water partition coefficient (Wildman–Crippen LogP) is 3.83. The van der Waals surface area contributed by atoms with Crippen LogP contribution in [0.4, 0.5) is 5.69 Å². The van der Waals surface area contributed by atoms with Gasteiger partial charge in [0.25, 0.3) is 0 Å². The highest BCUT2D eigenvalue weighted by Crippen LogP contribution is 2.34. The molecule has 1 aromatic heterocycles. The van der Waals surface area contributed by atoms with E-state index in [0.29, 0.717) is 17.5 Å². The summed E-state index contributed by atoms with van der Waals surface area (Å²) in [4.78, 5) is 4.30. The molecule has 0 bridgehead atoms. The molecule has 1 aromatic carbocycles. The van der Waals surface area contributed by atoms with Crippen LogP contribution in [0.5, 0.6) is 0 Å². The second-order valence-electron chi connectivity index (χ2n) is 4.93. The number of aliphatic hydroxyl groups is 1. The summed E-state index contributed by atoms with van der Waals surface area (Å²) >= 11 is 9.63. The van der Waals surface area contributed by atoms with Gasteiger partial charge in [0.05, 0.1) is 16.6 Å². The Morgan fingerprint density at radius 3 is 3.00 bits per heavy atom. The minimum atomic E-state index is -0.272. The van der Waals surface area contributed by atoms with E-state index in [1.165, 1.54) is 0 Å². The van der Waals surface area contributed by atoms with Crippen molar-refractivity contribution in [2.75, 3.05) is 11.9 Å². The highest BCUT2D eigenvalue weighted by atomic mass is 79.9. The lowest BCUT2D eigenvalue weighted by Crippen LogP contribution is -2.21. The first kappa shape index (κ1) is 13.2. The third-order valence-corrected chi connectivity index (χ3v) is 4.18. The van der Waals surface area contributed by atoms with Gasteiger partial charge in [0.2, 0.25) is 0 Å². The standard InChI is InChI=1S/C14H14BrClN2O/c15-9-5-10-12(18-7-13(19)8-1-2-8)3-4-17-14(10)11(16)6-9/h3-6,8,13,19H,1-2,7H2,(H,17,18). The number of hydrogen-bond acceptors (Lipinski definition) is 3. The molecule has 1 atom stereocenters. The van der Waals surface area contributed by atoms with Crippen LogP contribution in [0.15, 0.2) is 28.9 Å². The van der Waals surface area contributed by atoms with Crippen LogP contribution in [0.2, 0.25) is 5.02 Å². The van der Waals surface area contributed by atoms with Crippen LogP contribution in [0.1, 0.15) is 12.8 Å². The SMILES string of the molecule is OC(CNc1ccnc2c(Cl)cc(Br)cc12)C1CC1. The lowest BCUT2D eigenvalue weighted by atomic mass is 10.1. The Morgan fingerprint density at radius 2 is 2.26 bits per heavy atom. The van der Waals surface area contributed by atoms with E-state index in [1.54, 1.807) is 6.20 Å². The van der Waals surface area contributed by atoms with Gasteiger partial charge in [-0.05, 0) is 37.0 Å².